The van der Waals surface area contributed by atoms with Gasteiger partial charge in [-0.1, -0.05) is 13.3 Å². The van der Waals surface area contributed by atoms with E-state index in [1.165, 1.54) is 14.2 Å². The van der Waals surface area contributed by atoms with E-state index in [1.807, 2.05) is 10.6 Å². The molecule has 1 aromatic carbocycles. The third-order valence-electron chi connectivity index (χ3n) is 4.73. The van der Waals surface area contributed by atoms with Crippen LogP contribution in [0.5, 0.6) is 0 Å². The molecule has 0 atom stereocenters. The second-order valence-electron chi connectivity index (χ2n) is 6.53. The molecule has 0 aliphatic heterocycles. The Hall–Kier alpha value is -3.16. The fourth-order valence-corrected chi connectivity index (χ4v) is 3.27. The number of aryl methyl sites for hydroxylation is 2. The highest BCUT2D eigenvalue weighted by Crippen LogP contribution is 2.30. The molecule has 0 bridgehead atoms. The van der Waals surface area contributed by atoms with Crippen LogP contribution in [0.1, 0.15) is 42.4 Å². The van der Waals surface area contributed by atoms with Crippen LogP contribution in [0, 0.1) is 0 Å². The lowest BCUT2D eigenvalue weighted by atomic mass is 10.1. The summed E-state index contributed by atoms with van der Waals surface area (Å²) >= 11 is 0. The normalized spacial score (nSPS) is 11.1. The molecular weight excluding hydrogens is 360 g/mol. The summed E-state index contributed by atoms with van der Waals surface area (Å²) in [6, 6.07) is 5.16. The number of ether oxygens (including phenoxy) is 2. The van der Waals surface area contributed by atoms with Crippen LogP contribution in [0.2, 0.25) is 0 Å². The Balaban J connectivity index is 2.22. The molecule has 0 aliphatic carbocycles. The van der Waals surface area contributed by atoms with E-state index >= 15 is 0 Å². The molecule has 0 fully saturated rings. The molecule has 0 radical (unpaired) electrons. The van der Waals surface area contributed by atoms with Crippen molar-refractivity contribution in [3.63, 3.8) is 0 Å². The molecule has 2 N–H and O–H groups in total. The summed E-state index contributed by atoms with van der Waals surface area (Å²) in [5.74, 6) is 0.422. The molecule has 2 aromatic heterocycles. The van der Waals surface area contributed by atoms with Gasteiger partial charge in [-0.25, -0.2) is 14.8 Å². The lowest BCUT2D eigenvalue weighted by Crippen LogP contribution is -2.10. The Morgan fingerprint density at radius 1 is 1.18 bits per heavy atom. The maximum Gasteiger partial charge on any atom is 0.337 e. The maximum atomic E-state index is 11.9. The Kier molecular flexibility index (Phi) is 5.77. The highest BCUT2D eigenvalue weighted by Gasteiger charge is 2.19. The zero-order chi connectivity index (χ0) is 20.3. The van der Waals surface area contributed by atoms with Crippen LogP contribution in [0.4, 0.5) is 5.82 Å². The topological polar surface area (TPSA) is 109 Å². The number of pyridine rings is 1. The summed E-state index contributed by atoms with van der Waals surface area (Å²) in [5, 5.41) is 0.817. The molecule has 3 rings (SSSR count). The number of nitrogens with zero attached hydrogens (tertiary/aromatic N) is 3. The van der Waals surface area contributed by atoms with Gasteiger partial charge in [0.25, 0.3) is 0 Å². The zero-order valence-electron chi connectivity index (χ0n) is 16.3. The van der Waals surface area contributed by atoms with Crippen molar-refractivity contribution in [2.75, 3.05) is 20.0 Å². The van der Waals surface area contributed by atoms with Crippen molar-refractivity contribution in [2.24, 2.45) is 0 Å². The van der Waals surface area contributed by atoms with Crippen molar-refractivity contribution >= 4 is 39.7 Å². The number of nitrogens with two attached hydrogens (primary N) is 1. The van der Waals surface area contributed by atoms with Crippen molar-refractivity contribution in [3.8, 4) is 0 Å². The Labute approximate surface area is 162 Å². The van der Waals surface area contributed by atoms with Crippen molar-refractivity contribution in [3.05, 3.63) is 29.6 Å². The minimum absolute atomic E-state index is 0.227. The molecule has 3 aromatic rings. The number of unbranched alkanes of at least 4 members (excludes halogenated alkanes) is 1. The Morgan fingerprint density at radius 3 is 2.64 bits per heavy atom. The number of aromatic nitrogens is 3. The second kappa shape index (κ2) is 8.24. The van der Waals surface area contributed by atoms with E-state index in [9.17, 15) is 9.59 Å². The monoisotopic (exact) mass is 384 g/mol. The van der Waals surface area contributed by atoms with Crippen LogP contribution in [-0.4, -0.2) is 40.7 Å². The van der Waals surface area contributed by atoms with Gasteiger partial charge in [-0.15, -0.1) is 0 Å². The predicted octanol–water partition coefficient (Wildman–Crippen LogP) is 2.86. The highest BCUT2D eigenvalue weighted by atomic mass is 16.5. The SMILES string of the molecule is CCCCc1nc2c(N)nc3cc(C(=O)OC)ccc3c2n1CCC(=O)OC. The summed E-state index contributed by atoms with van der Waals surface area (Å²) in [4.78, 5) is 32.7. The van der Waals surface area contributed by atoms with E-state index in [4.69, 9.17) is 20.2 Å². The second-order valence-corrected chi connectivity index (χ2v) is 6.53. The van der Waals surface area contributed by atoms with Gasteiger partial charge in [0.05, 0.1) is 37.2 Å². The zero-order valence-corrected chi connectivity index (χ0v) is 16.3. The van der Waals surface area contributed by atoms with Crippen LogP contribution in [0.15, 0.2) is 18.2 Å². The number of hydrogen-bond donors (Lipinski definition) is 1. The number of methoxy groups -OCH3 is 2. The van der Waals surface area contributed by atoms with Crippen LogP contribution in [-0.2, 0) is 27.2 Å². The lowest BCUT2D eigenvalue weighted by Gasteiger charge is -2.11. The van der Waals surface area contributed by atoms with E-state index < -0.39 is 5.97 Å². The van der Waals surface area contributed by atoms with Gasteiger partial charge < -0.3 is 19.8 Å². The van der Waals surface area contributed by atoms with E-state index in [2.05, 4.69) is 11.9 Å². The molecule has 0 aliphatic rings. The largest absolute Gasteiger partial charge is 0.469 e. The van der Waals surface area contributed by atoms with E-state index in [0.717, 1.165) is 36.0 Å². The summed E-state index contributed by atoms with van der Waals surface area (Å²) in [6.45, 7) is 2.54. The minimum atomic E-state index is -0.440. The van der Waals surface area contributed by atoms with Crippen LogP contribution in [0.3, 0.4) is 0 Å². The van der Waals surface area contributed by atoms with Crippen molar-refractivity contribution in [1.29, 1.82) is 0 Å². The smallest absolute Gasteiger partial charge is 0.337 e. The van der Waals surface area contributed by atoms with Gasteiger partial charge >= 0.3 is 11.9 Å². The molecule has 8 heteroatoms. The summed E-state index contributed by atoms with van der Waals surface area (Å²) < 4.78 is 11.6. The number of benzene rings is 1. The van der Waals surface area contributed by atoms with Gasteiger partial charge in [0, 0.05) is 18.4 Å². The van der Waals surface area contributed by atoms with Gasteiger partial charge in [0.2, 0.25) is 0 Å². The van der Waals surface area contributed by atoms with Crippen molar-refractivity contribution in [2.45, 2.75) is 39.2 Å². The number of fused-ring (bicyclic) bond motifs is 3. The predicted molar refractivity (Wildman–Crippen MR) is 106 cm³/mol. The van der Waals surface area contributed by atoms with Crippen LogP contribution < -0.4 is 5.73 Å². The summed E-state index contributed by atoms with van der Waals surface area (Å²) in [6.07, 6.45) is 3.00. The van der Waals surface area contributed by atoms with Gasteiger partial charge in [0.1, 0.15) is 11.3 Å². The van der Waals surface area contributed by atoms with E-state index in [1.54, 1.807) is 12.1 Å². The number of carbonyl (C=O) groups excluding carboxylic acids is 2. The minimum Gasteiger partial charge on any atom is -0.469 e. The molecular formula is C20H24N4O4. The Morgan fingerprint density at radius 2 is 1.96 bits per heavy atom. The number of esters is 2. The fraction of sp³-hybridized carbons (Fsp3) is 0.400. The molecule has 0 amide bonds. The van der Waals surface area contributed by atoms with E-state index in [-0.39, 0.29) is 12.4 Å². The van der Waals surface area contributed by atoms with Crippen molar-refractivity contribution in [1.82, 2.24) is 14.5 Å². The quantitative estimate of drug-likeness (QED) is 0.624. The number of hydrogen-bond acceptors (Lipinski definition) is 7. The molecule has 2 heterocycles. The number of imidazole rings is 1. The number of nitrogen functional groups attached to an aromatic ring is 1. The molecule has 148 valence electrons. The fourth-order valence-electron chi connectivity index (χ4n) is 3.27. The number of anilines is 1. The first kappa shape index (κ1) is 19.6. The molecule has 0 saturated carbocycles. The molecule has 0 unspecified atom stereocenters. The standard InChI is InChI=1S/C20H24N4O4/c1-4-5-6-15-23-17-18(24(15)10-9-16(25)27-2)13-8-7-12(20(26)28-3)11-14(13)22-19(17)21/h7-8,11H,4-6,9-10H2,1-3H3,(H2,21,22). The lowest BCUT2D eigenvalue weighted by molar-refractivity contribution is -0.140. The highest BCUT2D eigenvalue weighted by molar-refractivity contribution is 6.08. The Bertz CT molecular complexity index is 1040. The average molecular weight is 384 g/mol. The van der Waals surface area contributed by atoms with Gasteiger partial charge in [-0.3, -0.25) is 4.79 Å². The number of rotatable bonds is 7. The number of carbonyl (C=O) groups is 2. The molecule has 0 saturated heterocycles. The van der Waals surface area contributed by atoms with Gasteiger partial charge in [-0.05, 0) is 24.6 Å². The summed E-state index contributed by atoms with van der Waals surface area (Å²) in [5.41, 5.74) is 8.57. The molecule has 28 heavy (non-hydrogen) atoms. The van der Waals surface area contributed by atoms with E-state index in [0.29, 0.717) is 29.0 Å². The third-order valence-corrected chi connectivity index (χ3v) is 4.73. The van der Waals surface area contributed by atoms with Gasteiger partial charge in [-0.2, -0.15) is 0 Å². The summed E-state index contributed by atoms with van der Waals surface area (Å²) in [7, 11) is 2.71. The first-order valence-corrected chi connectivity index (χ1v) is 9.23. The van der Waals surface area contributed by atoms with Crippen LogP contribution in [0.25, 0.3) is 21.9 Å². The first-order valence-electron chi connectivity index (χ1n) is 9.23. The molecule has 0 spiro atoms. The van der Waals surface area contributed by atoms with Crippen molar-refractivity contribution < 1.29 is 19.1 Å². The first-order chi connectivity index (χ1) is 13.5. The molecule has 8 nitrogen and oxygen atoms in total. The average Bonchev–Trinajstić information content (AvgIpc) is 3.08. The van der Waals surface area contributed by atoms with Gasteiger partial charge in [0.15, 0.2) is 5.82 Å². The van der Waals surface area contributed by atoms with Crippen LogP contribution >= 0.6 is 0 Å². The maximum absolute atomic E-state index is 11.9. The third kappa shape index (κ3) is 3.62.